The fourth-order valence-electron chi connectivity index (χ4n) is 4.39. The van der Waals surface area contributed by atoms with Crippen LogP contribution in [0.5, 0.6) is 5.95 Å². The van der Waals surface area contributed by atoms with Crippen LogP contribution in [0.3, 0.4) is 0 Å². The molecule has 2 aromatic heterocycles. The van der Waals surface area contributed by atoms with Gasteiger partial charge in [0.15, 0.2) is 5.95 Å². The summed E-state index contributed by atoms with van der Waals surface area (Å²) in [6, 6.07) is 26.8. The summed E-state index contributed by atoms with van der Waals surface area (Å²) < 4.78 is 36.0. The molecule has 204 valence electrons. The zero-order valence-corrected chi connectivity index (χ0v) is 22.9. The number of benzene rings is 4. The predicted molar refractivity (Wildman–Crippen MR) is 151 cm³/mol. The van der Waals surface area contributed by atoms with Crippen molar-refractivity contribution >= 4 is 38.2 Å². The third kappa shape index (κ3) is 4.92. The third-order valence-corrected chi connectivity index (χ3v) is 7.93. The van der Waals surface area contributed by atoms with Crippen molar-refractivity contribution in [3.05, 3.63) is 118 Å². The highest BCUT2D eigenvalue weighted by atomic mass is 35.5. The van der Waals surface area contributed by atoms with Gasteiger partial charge in [-0.2, -0.15) is 8.42 Å². The molecule has 0 saturated carbocycles. The summed E-state index contributed by atoms with van der Waals surface area (Å²) in [6.07, 6.45) is 0. The number of rotatable bonds is 6. The molecule has 6 rings (SSSR count). The highest BCUT2D eigenvalue weighted by Gasteiger charge is 2.33. The number of para-hydroxylation sites is 1. The first-order chi connectivity index (χ1) is 19.7. The van der Waals surface area contributed by atoms with Crippen molar-refractivity contribution < 1.29 is 22.7 Å². The van der Waals surface area contributed by atoms with Gasteiger partial charge in [-0.1, -0.05) is 53.6 Å². The molecule has 10 nitrogen and oxygen atoms in total. The lowest BCUT2D eigenvalue weighted by Gasteiger charge is -2.15. The van der Waals surface area contributed by atoms with Crippen molar-refractivity contribution in [3.63, 3.8) is 0 Å². The number of halogens is 1. The summed E-state index contributed by atoms with van der Waals surface area (Å²) in [5.74, 6) is -0.751. The number of nitrogens with zero attached hydrogens (tertiary/aromatic N) is 4. The largest absolute Gasteiger partial charge is 0.538 e. The summed E-state index contributed by atoms with van der Waals surface area (Å²) in [4.78, 5) is 18.4. The molecule has 2 heterocycles. The lowest BCUT2D eigenvalue weighted by atomic mass is 10.1. The number of aryl methyl sites for hydroxylation is 1. The zero-order valence-electron chi connectivity index (χ0n) is 21.4. The Bertz CT molecular complexity index is 2090. The van der Waals surface area contributed by atoms with Crippen LogP contribution >= 0.6 is 11.6 Å². The van der Waals surface area contributed by atoms with Crippen LogP contribution in [-0.2, 0) is 10.0 Å². The van der Waals surface area contributed by atoms with Crippen LogP contribution in [-0.4, -0.2) is 23.2 Å². The topological polar surface area (TPSA) is 134 Å². The second-order valence-corrected chi connectivity index (χ2v) is 11.2. The maximum atomic E-state index is 13.6. The molecule has 41 heavy (non-hydrogen) atoms. The molecule has 0 aliphatic carbocycles. The summed E-state index contributed by atoms with van der Waals surface area (Å²) in [6.45, 7) is 1.87. The van der Waals surface area contributed by atoms with E-state index >= 15 is 0 Å². The van der Waals surface area contributed by atoms with E-state index in [0.717, 1.165) is 10.2 Å². The van der Waals surface area contributed by atoms with Gasteiger partial charge in [-0.05, 0) is 60.1 Å². The van der Waals surface area contributed by atoms with Crippen LogP contribution in [0.4, 0.5) is 5.69 Å². The second kappa shape index (κ2) is 10.2. The third-order valence-electron chi connectivity index (χ3n) is 6.34. The standard InChI is InChI=1S/C29H20ClN5O5S/c1-18-9-13-23(14-10-18)35-28(29(37)40-33-35)41(38,39)32-21-11-15-22(16-12-21)34-26(19-5-4-6-20(30)17-19)31-25-8-3-2-7-24(25)27(34)36/h2-17,32H,1H3. The molecular weight excluding hydrogens is 566 g/mol. The van der Waals surface area contributed by atoms with Gasteiger partial charge in [-0.15, -0.1) is 0 Å². The molecule has 4 aromatic carbocycles. The first-order valence-corrected chi connectivity index (χ1v) is 14.1. The lowest BCUT2D eigenvalue weighted by Crippen LogP contribution is -2.40. The van der Waals surface area contributed by atoms with Gasteiger partial charge in [0, 0.05) is 28.4 Å². The normalized spacial score (nSPS) is 11.6. The minimum atomic E-state index is -4.41. The molecule has 0 aliphatic rings. The van der Waals surface area contributed by atoms with Gasteiger partial charge in [0.2, 0.25) is 5.69 Å². The lowest BCUT2D eigenvalue weighted by molar-refractivity contribution is -0.706. The van der Waals surface area contributed by atoms with Gasteiger partial charge < -0.3 is 9.63 Å². The summed E-state index contributed by atoms with van der Waals surface area (Å²) >= 11 is 6.23. The quantitative estimate of drug-likeness (QED) is 0.290. The molecule has 12 heteroatoms. The van der Waals surface area contributed by atoms with E-state index in [1.54, 1.807) is 84.9 Å². The molecule has 1 N–H and O–H groups in total. The summed E-state index contributed by atoms with van der Waals surface area (Å²) in [5.41, 5.74) is 2.72. The van der Waals surface area contributed by atoms with E-state index in [-0.39, 0.29) is 11.2 Å². The van der Waals surface area contributed by atoms with Crippen LogP contribution in [0.2, 0.25) is 5.02 Å². The molecule has 0 aliphatic heterocycles. The average molecular weight is 586 g/mol. The first kappa shape index (κ1) is 26.2. The number of sulfonamides is 1. The van der Waals surface area contributed by atoms with Gasteiger partial charge in [0.25, 0.3) is 5.56 Å². The number of hydrogen-bond acceptors (Lipinski definition) is 7. The molecule has 0 amide bonds. The Balaban J connectivity index is 1.40. The van der Waals surface area contributed by atoms with Gasteiger partial charge in [0.05, 0.1) is 21.9 Å². The Labute approximate surface area is 238 Å². The smallest absolute Gasteiger partial charge is 0.373 e. The monoisotopic (exact) mass is 585 g/mol. The number of hydrogen-bond donors (Lipinski definition) is 1. The minimum Gasteiger partial charge on any atom is -0.538 e. The van der Waals surface area contributed by atoms with Crippen molar-refractivity contribution in [1.82, 2.24) is 14.8 Å². The van der Waals surface area contributed by atoms with Crippen LogP contribution in [0.1, 0.15) is 5.56 Å². The van der Waals surface area contributed by atoms with E-state index in [1.165, 1.54) is 16.7 Å². The van der Waals surface area contributed by atoms with E-state index < -0.39 is 21.0 Å². The average Bonchev–Trinajstić information content (AvgIpc) is 3.36. The number of aromatic nitrogens is 4. The van der Waals surface area contributed by atoms with E-state index in [9.17, 15) is 18.3 Å². The fraction of sp³-hybridized carbons (Fsp3) is 0.0345. The van der Waals surface area contributed by atoms with Crippen LogP contribution < -0.4 is 20.1 Å². The number of fused-ring (bicyclic) bond motifs is 1. The fourth-order valence-corrected chi connectivity index (χ4v) is 5.75. The Morgan fingerprint density at radius 2 is 1.68 bits per heavy atom. The van der Waals surface area contributed by atoms with Crippen molar-refractivity contribution in [2.75, 3.05) is 4.72 Å². The molecule has 0 radical (unpaired) electrons. The van der Waals surface area contributed by atoms with Crippen LogP contribution in [0.15, 0.2) is 111 Å². The van der Waals surface area contributed by atoms with Crippen molar-refractivity contribution in [2.45, 2.75) is 11.9 Å². The number of anilines is 1. The SMILES string of the molecule is Cc1ccc(-[n+]2noc([O-])c2S(=O)(=O)Nc2ccc(-n3c(-c4cccc(Cl)c4)nc4ccccc4c3=O)cc2)cc1. The van der Waals surface area contributed by atoms with Crippen molar-refractivity contribution in [3.8, 4) is 28.7 Å². The summed E-state index contributed by atoms with van der Waals surface area (Å²) in [5, 5.41) is 16.2. The predicted octanol–water partition coefficient (Wildman–Crippen LogP) is 4.15. The van der Waals surface area contributed by atoms with Gasteiger partial charge in [0.1, 0.15) is 5.82 Å². The maximum absolute atomic E-state index is 13.6. The molecular formula is C29H20ClN5O5S. The molecule has 0 fully saturated rings. The second-order valence-electron chi connectivity index (χ2n) is 9.17. The molecule has 6 aromatic rings. The van der Waals surface area contributed by atoms with Gasteiger partial charge in [-0.3, -0.25) is 14.1 Å². The maximum Gasteiger partial charge on any atom is 0.373 e. The van der Waals surface area contributed by atoms with Crippen molar-refractivity contribution in [2.24, 2.45) is 0 Å². The molecule has 0 saturated heterocycles. The molecule has 0 atom stereocenters. The minimum absolute atomic E-state index is 0.149. The Hall–Kier alpha value is -5.00. The number of nitrogens with one attached hydrogen (secondary N) is 1. The molecule has 0 bridgehead atoms. The van der Waals surface area contributed by atoms with Crippen molar-refractivity contribution in [1.29, 1.82) is 0 Å². The van der Waals surface area contributed by atoms with Crippen LogP contribution in [0.25, 0.3) is 33.7 Å². The summed E-state index contributed by atoms with van der Waals surface area (Å²) in [7, 11) is -4.41. The zero-order chi connectivity index (χ0) is 28.7. The van der Waals surface area contributed by atoms with E-state index in [1.807, 2.05) is 6.92 Å². The molecule has 0 spiro atoms. The van der Waals surface area contributed by atoms with E-state index in [2.05, 4.69) is 14.5 Å². The highest BCUT2D eigenvalue weighted by Crippen LogP contribution is 2.26. The Kier molecular flexibility index (Phi) is 6.52. The highest BCUT2D eigenvalue weighted by molar-refractivity contribution is 7.92. The Morgan fingerprint density at radius 1 is 0.951 bits per heavy atom. The first-order valence-electron chi connectivity index (χ1n) is 12.3. The molecule has 0 unspecified atom stereocenters. The van der Waals surface area contributed by atoms with Crippen LogP contribution in [0, 0.1) is 6.92 Å². The van der Waals surface area contributed by atoms with Gasteiger partial charge >= 0.3 is 15.0 Å². The Morgan fingerprint density at radius 3 is 2.41 bits per heavy atom. The van der Waals surface area contributed by atoms with Gasteiger partial charge in [-0.25, -0.2) is 4.98 Å². The van der Waals surface area contributed by atoms with E-state index in [4.69, 9.17) is 16.6 Å². The van der Waals surface area contributed by atoms with E-state index in [0.29, 0.717) is 38.7 Å².